The normalized spacial score (nSPS) is 19.8. The van der Waals surface area contributed by atoms with Crippen LogP contribution in [0.1, 0.15) is 19.3 Å². The number of nitrogens with zero attached hydrogens (tertiary/aromatic N) is 2. The van der Waals surface area contributed by atoms with Crippen molar-refractivity contribution in [3.8, 4) is 0 Å². The van der Waals surface area contributed by atoms with E-state index in [0.29, 0.717) is 4.47 Å². The monoisotopic (exact) mass is 340 g/mol. The van der Waals surface area contributed by atoms with E-state index >= 15 is 0 Å². The molecule has 4 amide bonds. The second-order valence-corrected chi connectivity index (χ2v) is 5.69. The summed E-state index contributed by atoms with van der Waals surface area (Å²) in [7, 11) is 0. The summed E-state index contributed by atoms with van der Waals surface area (Å²) in [5, 5.41) is 0. The SMILES string of the molecule is O=C1CC(=O)N(C2CC2)C(=O)N1c1ccc(Br)cc1F. The Hall–Kier alpha value is -1.76. The van der Waals surface area contributed by atoms with Crippen LogP contribution in [0.15, 0.2) is 22.7 Å². The molecule has 2 fully saturated rings. The van der Waals surface area contributed by atoms with Gasteiger partial charge in [-0.25, -0.2) is 14.1 Å². The van der Waals surface area contributed by atoms with Gasteiger partial charge in [0.15, 0.2) is 0 Å². The molecule has 0 atom stereocenters. The van der Waals surface area contributed by atoms with Crippen molar-refractivity contribution in [3.63, 3.8) is 0 Å². The van der Waals surface area contributed by atoms with Gasteiger partial charge in [0, 0.05) is 10.5 Å². The second kappa shape index (κ2) is 4.66. The molecule has 5 nitrogen and oxygen atoms in total. The van der Waals surface area contributed by atoms with Crippen LogP contribution in [-0.4, -0.2) is 28.8 Å². The number of benzene rings is 1. The lowest BCUT2D eigenvalue weighted by atomic mass is 10.2. The number of imide groups is 2. The van der Waals surface area contributed by atoms with Crippen LogP contribution in [-0.2, 0) is 9.59 Å². The van der Waals surface area contributed by atoms with Crippen LogP contribution in [0.2, 0.25) is 0 Å². The zero-order chi connectivity index (χ0) is 14.4. The van der Waals surface area contributed by atoms with E-state index in [1.54, 1.807) is 0 Å². The van der Waals surface area contributed by atoms with Crippen LogP contribution >= 0.6 is 15.9 Å². The predicted molar refractivity (Wildman–Crippen MR) is 71.5 cm³/mol. The number of urea groups is 1. The topological polar surface area (TPSA) is 57.7 Å². The first-order valence-electron chi connectivity index (χ1n) is 6.13. The fraction of sp³-hybridized carbons (Fsp3) is 0.308. The first kappa shape index (κ1) is 13.2. The Bertz CT molecular complexity index is 630. The molecule has 2 aliphatic rings. The zero-order valence-corrected chi connectivity index (χ0v) is 11.9. The highest BCUT2D eigenvalue weighted by Crippen LogP contribution is 2.33. The van der Waals surface area contributed by atoms with E-state index in [4.69, 9.17) is 0 Å². The molecular weight excluding hydrogens is 331 g/mol. The van der Waals surface area contributed by atoms with Crippen LogP contribution < -0.4 is 4.90 Å². The minimum atomic E-state index is -0.755. The van der Waals surface area contributed by atoms with Crippen LogP contribution in [0.3, 0.4) is 0 Å². The lowest BCUT2D eigenvalue weighted by Gasteiger charge is -2.32. The van der Waals surface area contributed by atoms with Gasteiger partial charge in [-0.1, -0.05) is 15.9 Å². The summed E-state index contributed by atoms with van der Waals surface area (Å²) >= 11 is 3.11. The Morgan fingerprint density at radius 3 is 2.45 bits per heavy atom. The fourth-order valence-corrected chi connectivity index (χ4v) is 2.54. The summed E-state index contributed by atoms with van der Waals surface area (Å²) in [5.74, 6) is -1.89. The van der Waals surface area contributed by atoms with E-state index in [2.05, 4.69) is 15.9 Å². The molecule has 104 valence electrons. The molecule has 1 aliphatic carbocycles. The molecule has 1 aromatic rings. The highest BCUT2D eigenvalue weighted by atomic mass is 79.9. The van der Waals surface area contributed by atoms with Gasteiger partial charge >= 0.3 is 6.03 Å². The summed E-state index contributed by atoms with van der Waals surface area (Å²) in [4.78, 5) is 37.8. The van der Waals surface area contributed by atoms with Crippen molar-refractivity contribution in [1.29, 1.82) is 0 Å². The van der Waals surface area contributed by atoms with Crippen LogP contribution in [0, 0.1) is 5.82 Å². The number of amides is 4. The van der Waals surface area contributed by atoms with E-state index < -0.39 is 30.1 Å². The molecular formula is C13H10BrFN2O3. The predicted octanol–water partition coefficient (Wildman–Crippen LogP) is 2.44. The van der Waals surface area contributed by atoms with E-state index in [9.17, 15) is 18.8 Å². The number of hydrogen-bond acceptors (Lipinski definition) is 3. The molecule has 0 N–H and O–H groups in total. The fourth-order valence-electron chi connectivity index (χ4n) is 2.21. The Balaban J connectivity index is 2.00. The highest BCUT2D eigenvalue weighted by molar-refractivity contribution is 9.10. The molecule has 1 heterocycles. The number of carbonyl (C=O) groups is 3. The van der Waals surface area contributed by atoms with Crippen LogP contribution in [0.5, 0.6) is 0 Å². The minimum Gasteiger partial charge on any atom is -0.274 e. The summed E-state index contributed by atoms with van der Waals surface area (Å²) in [6, 6.07) is 3.15. The molecule has 0 unspecified atom stereocenters. The molecule has 1 saturated heterocycles. The third-order valence-corrected chi connectivity index (χ3v) is 3.77. The number of carbonyl (C=O) groups excluding carboxylic acids is 3. The number of hydrogen-bond donors (Lipinski definition) is 0. The van der Waals surface area contributed by atoms with E-state index in [1.807, 2.05) is 0 Å². The van der Waals surface area contributed by atoms with Gasteiger partial charge in [0.05, 0.1) is 5.69 Å². The molecule has 0 bridgehead atoms. The number of rotatable bonds is 2. The van der Waals surface area contributed by atoms with Crippen molar-refractivity contribution in [2.75, 3.05) is 4.90 Å². The van der Waals surface area contributed by atoms with Gasteiger partial charge in [-0.05, 0) is 31.0 Å². The number of anilines is 1. The Kier molecular flexibility index (Phi) is 3.08. The minimum absolute atomic E-state index is 0.124. The van der Waals surface area contributed by atoms with E-state index in [1.165, 1.54) is 18.2 Å². The molecule has 1 aromatic carbocycles. The summed E-state index contributed by atoms with van der Waals surface area (Å²) in [6.07, 6.45) is 1.07. The van der Waals surface area contributed by atoms with Gasteiger partial charge in [-0.15, -0.1) is 0 Å². The van der Waals surface area contributed by atoms with Crippen molar-refractivity contribution in [1.82, 2.24) is 4.90 Å². The zero-order valence-electron chi connectivity index (χ0n) is 10.3. The highest BCUT2D eigenvalue weighted by Gasteiger charge is 2.46. The molecule has 0 radical (unpaired) electrons. The average Bonchev–Trinajstić information content (AvgIpc) is 3.15. The largest absolute Gasteiger partial charge is 0.338 e. The Morgan fingerprint density at radius 2 is 1.85 bits per heavy atom. The first-order chi connectivity index (χ1) is 9.49. The average molecular weight is 341 g/mol. The summed E-state index contributed by atoms with van der Waals surface area (Å²) in [6.45, 7) is 0. The van der Waals surface area contributed by atoms with Gasteiger partial charge in [0.2, 0.25) is 11.8 Å². The van der Waals surface area contributed by atoms with Gasteiger partial charge in [0.1, 0.15) is 12.2 Å². The second-order valence-electron chi connectivity index (χ2n) is 4.78. The smallest absolute Gasteiger partial charge is 0.274 e. The lowest BCUT2D eigenvalue weighted by Crippen LogP contribution is -2.56. The van der Waals surface area contributed by atoms with Crippen molar-refractivity contribution in [3.05, 3.63) is 28.5 Å². The van der Waals surface area contributed by atoms with E-state index in [0.717, 1.165) is 22.6 Å². The van der Waals surface area contributed by atoms with Gasteiger partial charge < -0.3 is 0 Å². The molecule has 0 spiro atoms. The number of barbiturate groups is 1. The van der Waals surface area contributed by atoms with Gasteiger partial charge in [0.25, 0.3) is 0 Å². The standard InChI is InChI=1S/C13H10BrFN2O3/c14-7-1-4-10(9(15)5-7)17-12(19)6-11(18)16(13(17)20)8-2-3-8/h1,4-5,8H,2-3,6H2. The lowest BCUT2D eigenvalue weighted by molar-refractivity contribution is -0.135. The van der Waals surface area contributed by atoms with Gasteiger partial charge in [-0.2, -0.15) is 0 Å². The Labute approximate surface area is 122 Å². The maximum atomic E-state index is 13.9. The molecule has 0 aromatic heterocycles. The van der Waals surface area contributed by atoms with E-state index in [-0.39, 0.29) is 11.7 Å². The molecule has 3 rings (SSSR count). The summed E-state index contributed by atoms with van der Waals surface area (Å²) in [5.41, 5.74) is -0.124. The third-order valence-electron chi connectivity index (χ3n) is 3.28. The third kappa shape index (κ3) is 2.11. The quantitative estimate of drug-likeness (QED) is 0.777. The van der Waals surface area contributed by atoms with Crippen molar-refractivity contribution in [2.45, 2.75) is 25.3 Å². The Morgan fingerprint density at radius 1 is 1.15 bits per heavy atom. The maximum absolute atomic E-state index is 13.9. The van der Waals surface area contributed by atoms with Crippen molar-refractivity contribution in [2.24, 2.45) is 0 Å². The van der Waals surface area contributed by atoms with Crippen LogP contribution in [0.25, 0.3) is 0 Å². The summed E-state index contributed by atoms with van der Waals surface area (Å²) < 4.78 is 14.4. The molecule has 1 saturated carbocycles. The van der Waals surface area contributed by atoms with Gasteiger partial charge in [-0.3, -0.25) is 14.5 Å². The molecule has 7 heteroatoms. The number of halogens is 2. The molecule has 1 aliphatic heterocycles. The molecule has 20 heavy (non-hydrogen) atoms. The van der Waals surface area contributed by atoms with Crippen molar-refractivity contribution < 1.29 is 18.8 Å². The van der Waals surface area contributed by atoms with Crippen LogP contribution in [0.4, 0.5) is 14.9 Å². The maximum Gasteiger partial charge on any atom is 0.338 e. The first-order valence-corrected chi connectivity index (χ1v) is 6.92. The van der Waals surface area contributed by atoms with Crippen molar-refractivity contribution >= 4 is 39.5 Å².